The molecule has 130 valence electrons. The molecule has 0 atom stereocenters. The molecule has 2 aromatic carbocycles. The zero-order valence-electron chi connectivity index (χ0n) is 14.4. The Bertz CT molecular complexity index is 892. The monoisotopic (exact) mass is 338 g/mol. The lowest BCUT2D eigenvalue weighted by Crippen LogP contribution is -2.37. The minimum Gasteiger partial charge on any atom is -0.486 e. The maximum Gasteiger partial charge on any atom is 0.356 e. The Morgan fingerprint density at radius 1 is 1.12 bits per heavy atom. The average Bonchev–Trinajstić information content (AvgIpc) is 2.86. The van der Waals surface area contributed by atoms with Gasteiger partial charge in [0, 0.05) is 17.5 Å². The van der Waals surface area contributed by atoms with Crippen molar-refractivity contribution in [1.29, 1.82) is 0 Å². The first-order chi connectivity index (χ1) is 11.9. The maximum absolute atomic E-state index is 12.0. The van der Waals surface area contributed by atoms with Gasteiger partial charge in [-0.2, -0.15) is 0 Å². The van der Waals surface area contributed by atoms with Crippen molar-refractivity contribution in [2.75, 3.05) is 0 Å². The number of fused-ring (bicyclic) bond motifs is 1. The van der Waals surface area contributed by atoms with E-state index in [2.05, 4.69) is 0 Å². The number of hydrogen-bond donors (Lipinski definition) is 2. The summed E-state index contributed by atoms with van der Waals surface area (Å²) in [4.78, 5) is 12.0. The van der Waals surface area contributed by atoms with Crippen LogP contribution in [-0.4, -0.2) is 21.2 Å². The second-order valence-electron chi connectivity index (χ2n) is 6.85. The molecule has 1 heterocycles. The van der Waals surface area contributed by atoms with Crippen LogP contribution in [0.25, 0.3) is 10.9 Å². The normalized spacial score (nSPS) is 11.6. The van der Waals surface area contributed by atoms with Crippen LogP contribution in [-0.2, 0) is 13.2 Å². The lowest BCUT2D eigenvalue weighted by molar-refractivity contribution is 0.0679. The molecule has 0 saturated carbocycles. The van der Waals surface area contributed by atoms with Gasteiger partial charge in [0.1, 0.15) is 6.61 Å². The van der Waals surface area contributed by atoms with Gasteiger partial charge in [0.25, 0.3) is 0 Å². The van der Waals surface area contributed by atoms with Gasteiger partial charge in [0.15, 0.2) is 11.4 Å². The molecule has 0 aliphatic heterocycles. The van der Waals surface area contributed by atoms with E-state index in [-0.39, 0.29) is 5.69 Å². The van der Waals surface area contributed by atoms with Crippen molar-refractivity contribution in [3.05, 3.63) is 65.9 Å². The minimum absolute atomic E-state index is 0.135. The van der Waals surface area contributed by atoms with Gasteiger partial charge in [-0.15, -0.1) is 0 Å². The summed E-state index contributed by atoms with van der Waals surface area (Å²) in [5, 5.41) is 10.6. The summed E-state index contributed by atoms with van der Waals surface area (Å²) in [6, 6.07) is 17.2. The molecular weight excluding hydrogens is 316 g/mol. The highest BCUT2D eigenvalue weighted by molar-refractivity contribution is 6.01. The Morgan fingerprint density at radius 3 is 2.40 bits per heavy atom. The molecule has 0 saturated heterocycles. The van der Waals surface area contributed by atoms with Crippen molar-refractivity contribution in [2.45, 2.75) is 32.5 Å². The van der Waals surface area contributed by atoms with Crippen LogP contribution in [0.2, 0.25) is 0 Å². The summed E-state index contributed by atoms with van der Waals surface area (Å²) in [6.07, 6.45) is 0. The van der Waals surface area contributed by atoms with Crippen molar-refractivity contribution >= 4 is 16.9 Å². The molecule has 0 bridgehead atoms. The lowest BCUT2D eigenvalue weighted by Gasteiger charge is -2.21. The molecule has 5 nitrogen and oxygen atoms in total. The van der Waals surface area contributed by atoms with E-state index in [0.29, 0.717) is 18.9 Å². The lowest BCUT2D eigenvalue weighted by atomic mass is 10.1. The number of rotatable bonds is 6. The SMILES string of the molecule is CC(C)(N)Cn1c(C(=O)O)c(OCc2ccccc2)c2ccccc21. The van der Waals surface area contributed by atoms with Crippen LogP contribution in [0.3, 0.4) is 0 Å². The molecular formula is C20H22N2O3. The highest BCUT2D eigenvalue weighted by Gasteiger charge is 2.26. The van der Waals surface area contributed by atoms with Crippen LogP contribution in [0.5, 0.6) is 5.75 Å². The van der Waals surface area contributed by atoms with E-state index in [1.54, 1.807) is 4.57 Å². The van der Waals surface area contributed by atoms with Crippen LogP contribution in [0.4, 0.5) is 0 Å². The summed E-state index contributed by atoms with van der Waals surface area (Å²) >= 11 is 0. The molecule has 0 amide bonds. The van der Waals surface area contributed by atoms with Crippen LogP contribution in [0.15, 0.2) is 54.6 Å². The number of nitrogens with two attached hydrogens (primary N) is 1. The smallest absolute Gasteiger partial charge is 0.356 e. The number of hydrogen-bond acceptors (Lipinski definition) is 3. The van der Waals surface area contributed by atoms with E-state index in [1.165, 1.54) is 0 Å². The Kier molecular flexibility index (Phi) is 4.51. The number of aromatic carboxylic acids is 1. The van der Waals surface area contributed by atoms with Crippen molar-refractivity contribution in [1.82, 2.24) is 4.57 Å². The molecule has 25 heavy (non-hydrogen) atoms. The summed E-state index contributed by atoms with van der Waals surface area (Å²) in [5.74, 6) is -0.639. The number of carboxylic acid groups (broad SMARTS) is 1. The quantitative estimate of drug-likeness (QED) is 0.719. The predicted molar refractivity (Wildman–Crippen MR) is 97.9 cm³/mol. The van der Waals surface area contributed by atoms with E-state index in [4.69, 9.17) is 10.5 Å². The van der Waals surface area contributed by atoms with E-state index < -0.39 is 11.5 Å². The van der Waals surface area contributed by atoms with E-state index in [9.17, 15) is 9.90 Å². The fraction of sp³-hybridized carbons (Fsp3) is 0.250. The standard InChI is InChI=1S/C20H22N2O3/c1-20(2,21)13-22-16-11-7-6-10-15(16)18(17(22)19(23)24)25-12-14-8-4-3-5-9-14/h3-11H,12-13,21H2,1-2H3,(H,23,24). The first-order valence-electron chi connectivity index (χ1n) is 8.17. The van der Waals surface area contributed by atoms with Crippen LogP contribution >= 0.6 is 0 Å². The Morgan fingerprint density at radius 2 is 1.76 bits per heavy atom. The first-order valence-corrected chi connectivity index (χ1v) is 8.17. The van der Waals surface area contributed by atoms with Gasteiger partial charge in [-0.05, 0) is 31.5 Å². The second kappa shape index (κ2) is 6.61. The molecule has 0 aliphatic carbocycles. The van der Waals surface area contributed by atoms with Crippen molar-refractivity contribution in [3.8, 4) is 5.75 Å². The molecule has 0 aliphatic rings. The third kappa shape index (κ3) is 3.67. The number of para-hydroxylation sites is 1. The Hall–Kier alpha value is -2.79. The molecule has 0 radical (unpaired) electrons. The molecule has 0 unspecified atom stereocenters. The number of nitrogens with zero attached hydrogens (tertiary/aromatic N) is 1. The maximum atomic E-state index is 12.0. The molecule has 3 rings (SSSR count). The summed E-state index contributed by atoms with van der Waals surface area (Å²) < 4.78 is 7.68. The fourth-order valence-corrected chi connectivity index (χ4v) is 2.93. The number of ether oxygens (including phenoxy) is 1. The zero-order valence-corrected chi connectivity index (χ0v) is 14.4. The summed E-state index contributed by atoms with van der Waals surface area (Å²) in [6.45, 7) is 4.43. The topological polar surface area (TPSA) is 77.5 Å². The highest BCUT2D eigenvalue weighted by atomic mass is 16.5. The van der Waals surface area contributed by atoms with Gasteiger partial charge in [-0.1, -0.05) is 42.5 Å². The van der Waals surface area contributed by atoms with Gasteiger partial charge in [-0.25, -0.2) is 4.79 Å². The van der Waals surface area contributed by atoms with E-state index in [1.807, 2.05) is 68.4 Å². The number of benzene rings is 2. The molecule has 0 fully saturated rings. The largest absolute Gasteiger partial charge is 0.486 e. The van der Waals surface area contributed by atoms with Gasteiger partial charge in [0.2, 0.25) is 0 Å². The number of carbonyl (C=O) groups is 1. The fourth-order valence-electron chi connectivity index (χ4n) is 2.93. The predicted octanol–water partition coefficient (Wildman–Crippen LogP) is 3.66. The third-order valence-electron chi connectivity index (χ3n) is 3.92. The van der Waals surface area contributed by atoms with Crippen molar-refractivity contribution in [2.24, 2.45) is 5.73 Å². The summed E-state index contributed by atoms with van der Waals surface area (Å²) in [5.41, 5.74) is 7.52. The van der Waals surface area contributed by atoms with Crippen LogP contribution in [0.1, 0.15) is 29.9 Å². The molecule has 0 spiro atoms. The number of aromatic nitrogens is 1. The average molecular weight is 338 g/mol. The van der Waals surface area contributed by atoms with E-state index >= 15 is 0 Å². The number of carboxylic acids is 1. The zero-order chi connectivity index (χ0) is 18.0. The Labute approximate surface area is 146 Å². The van der Waals surface area contributed by atoms with Gasteiger partial charge in [0.05, 0.1) is 5.52 Å². The van der Waals surface area contributed by atoms with Crippen molar-refractivity contribution < 1.29 is 14.6 Å². The first kappa shape index (κ1) is 17.0. The molecule has 1 aromatic heterocycles. The van der Waals surface area contributed by atoms with Gasteiger partial charge in [-0.3, -0.25) is 0 Å². The molecule has 3 aromatic rings. The van der Waals surface area contributed by atoms with E-state index in [0.717, 1.165) is 16.5 Å². The Balaban J connectivity index is 2.10. The van der Waals surface area contributed by atoms with Crippen molar-refractivity contribution in [3.63, 3.8) is 0 Å². The highest BCUT2D eigenvalue weighted by Crippen LogP contribution is 2.34. The van der Waals surface area contributed by atoms with Gasteiger partial charge < -0.3 is 20.1 Å². The molecule has 5 heteroatoms. The van der Waals surface area contributed by atoms with Crippen LogP contribution < -0.4 is 10.5 Å². The minimum atomic E-state index is -1.02. The van der Waals surface area contributed by atoms with Gasteiger partial charge >= 0.3 is 5.97 Å². The molecule has 3 N–H and O–H groups in total. The van der Waals surface area contributed by atoms with Crippen LogP contribution in [0, 0.1) is 0 Å². The summed E-state index contributed by atoms with van der Waals surface area (Å²) in [7, 11) is 0. The third-order valence-corrected chi connectivity index (χ3v) is 3.92. The second-order valence-corrected chi connectivity index (χ2v) is 6.85.